The van der Waals surface area contributed by atoms with E-state index in [1.807, 2.05) is 0 Å². The van der Waals surface area contributed by atoms with Gasteiger partial charge in [-0.1, -0.05) is 27.2 Å². The zero-order chi connectivity index (χ0) is 13.1. The summed E-state index contributed by atoms with van der Waals surface area (Å²) in [6.07, 6.45) is 4.33. The third-order valence-corrected chi connectivity index (χ3v) is 4.14. The lowest BCUT2D eigenvalue weighted by atomic mass is 9.80. The van der Waals surface area contributed by atoms with E-state index >= 15 is 0 Å². The lowest BCUT2D eigenvalue weighted by Gasteiger charge is -2.32. The zero-order valence-corrected chi connectivity index (χ0v) is 11.8. The summed E-state index contributed by atoms with van der Waals surface area (Å²) >= 11 is 0. The number of hydrogen-bond acceptors (Lipinski definition) is 2. The van der Waals surface area contributed by atoms with Crippen LogP contribution in [0, 0.1) is 17.3 Å². The summed E-state index contributed by atoms with van der Waals surface area (Å²) in [7, 11) is 0. The van der Waals surface area contributed by atoms with Crippen molar-refractivity contribution >= 4 is 5.91 Å². The van der Waals surface area contributed by atoms with Crippen molar-refractivity contribution in [2.45, 2.75) is 59.4 Å². The second-order valence-electron chi connectivity index (χ2n) is 6.56. The molecule has 1 rings (SSSR count). The van der Waals surface area contributed by atoms with Crippen molar-refractivity contribution < 1.29 is 4.79 Å². The molecule has 3 nitrogen and oxygen atoms in total. The van der Waals surface area contributed by atoms with Gasteiger partial charge in [-0.25, -0.2) is 0 Å². The van der Waals surface area contributed by atoms with Gasteiger partial charge in [-0.2, -0.15) is 0 Å². The van der Waals surface area contributed by atoms with Gasteiger partial charge >= 0.3 is 0 Å². The van der Waals surface area contributed by atoms with Crippen molar-refractivity contribution in [3.8, 4) is 0 Å². The van der Waals surface area contributed by atoms with Gasteiger partial charge in [0.05, 0.1) is 0 Å². The van der Waals surface area contributed by atoms with Crippen LogP contribution in [-0.2, 0) is 4.79 Å². The fraction of sp³-hybridized carbons (Fsp3) is 0.929. The van der Waals surface area contributed by atoms with Crippen LogP contribution >= 0.6 is 0 Å². The van der Waals surface area contributed by atoms with Gasteiger partial charge in [-0.15, -0.1) is 0 Å². The monoisotopic (exact) mass is 240 g/mol. The molecule has 1 amide bonds. The molecule has 1 aliphatic carbocycles. The minimum atomic E-state index is 0.123. The molecule has 3 heteroatoms. The molecule has 17 heavy (non-hydrogen) atoms. The Kier molecular flexibility index (Phi) is 4.99. The van der Waals surface area contributed by atoms with Crippen LogP contribution in [0.3, 0.4) is 0 Å². The van der Waals surface area contributed by atoms with E-state index in [-0.39, 0.29) is 23.3 Å². The quantitative estimate of drug-likeness (QED) is 0.795. The van der Waals surface area contributed by atoms with Crippen LogP contribution in [0.5, 0.6) is 0 Å². The summed E-state index contributed by atoms with van der Waals surface area (Å²) in [6, 6.07) is 0.216. The Hall–Kier alpha value is -0.570. The lowest BCUT2D eigenvalue weighted by molar-refractivity contribution is -0.127. The van der Waals surface area contributed by atoms with Crippen molar-refractivity contribution in [1.82, 2.24) is 5.32 Å². The molecule has 1 fully saturated rings. The van der Waals surface area contributed by atoms with E-state index in [4.69, 9.17) is 5.73 Å². The van der Waals surface area contributed by atoms with Gasteiger partial charge < -0.3 is 11.1 Å². The van der Waals surface area contributed by atoms with Crippen LogP contribution in [-0.4, -0.2) is 18.5 Å². The van der Waals surface area contributed by atoms with Crippen LogP contribution in [0.1, 0.15) is 53.4 Å². The number of nitrogens with one attached hydrogen (secondary N) is 1. The molecular formula is C14H28N2O. The second kappa shape index (κ2) is 5.85. The standard InChI is InChI=1S/C14H28N2O/c1-10(14(2,3)4)16-13(17)12-7-5-6-11(8-12)9-15/h10-12H,5-9,15H2,1-4H3,(H,16,17). The Bertz CT molecular complexity index is 257. The van der Waals surface area contributed by atoms with E-state index in [0.29, 0.717) is 5.92 Å². The first-order valence-corrected chi connectivity index (χ1v) is 6.85. The van der Waals surface area contributed by atoms with Crippen molar-refractivity contribution in [2.75, 3.05) is 6.54 Å². The van der Waals surface area contributed by atoms with Crippen LogP contribution in [0.4, 0.5) is 0 Å². The Morgan fingerprint density at radius 1 is 1.41 bits per heavy atom. The first kappa shape index (κ1) is 14.5. The highest BCUT2D eigenvalue weighted by atomic mass is 16.1. The molecule has 0 aromatic rings. The lowest BCUT2D eigenvalue weighted by Crippen LogP contribution is -2.45. The molecular weight excluding hydrogens is 212 g/mol. The van der Waals surface area contributed by atoms with E-state index in [9.17, 15) is 4.79 Å². The molecule has 0 radical (unpaired) electrons. The average Bonchev–Trinajstić information content (AvgIpc) is 2.27. The molecule has 3 N–H and O–H groups in total. The molecule has 0 aliphatic heterocycles. The first-order chi connectivity index (χ1) is 7.84. The number of amides is 1. The number of carbonyl (C=O) groups is 1. The van der Waals surface area contributed by atoms with E-state index in [1.54, 1.807) is 0 Å². The molecule has 0 aromatic carbocycles. The normalized spacial score (nSPS) is 27.6. The van der Waals surface area contributed by atoms with Crippen molar-refractivity contribution in [1.29, 1.82) is 0 Å². The number of rotatable bonds is 3. The largest absolute Gasteiger partial charge is 0.353 e. The predicted molar refractivity (Wildman–Crippen MR) is 71.6 cm³/mol. The molecule has 1 aliphatic rings. The number of hydrogen-bond donors (Lipinski definition) is 2. The van der Waals surface area contributed by atoms with Crippen molar-refractivity contribution in [2.24, 2.45) is 23.0 Å². The summed E-state index contributed by atoms with van der Waals surface area (Å²) in [4.78, 5) is 12.2. The summed E-state index contributed by atoms with van der Waals surface area (Å²) < 4.78 is 0. The predicted octanol–water partition coefficient (Wildman–Crippen LogP) is 2.30. The zero-order valence-electron chi connectivity index (χ0n) is 11.8. The summed E-state index contributed by atoms with van der Waals surface area (Å²) in [5.74, 6) is 0.956. The van der Waals surface area contributed by atoms with Gasteiger partial charge in [0.1, 0.15) is 0 Å². The average molecular weight is 240 g/mol. The molecule has 0 bridgehead atoms. The first-order valence-electron chi connectivity index (χ1n) is 6.85. The van der Waals surface area contributed by atoms with E-state index in [2.05, 4.69) is 33.0 Å². The molecule has 3 atom stereocenters. The molecule has 3 unspecified atom stereocenters. The van der Waals surface area contributed by atoms with Crippen LogP contribution < -0.4 is 11.1 Å². The van der Waals surface area contributed by atoms with Gasteiger partial charge in [-0.3, -0.25) is 4.79 Å². The highest BCUT2D eigenvalue weighted by Crippen LogP contribution is 2.29. The smallest absolute Gasteiger partial charge is 0.223 e. The third kappa shape index (κ3) is 4.30. The van der Waals surface area contributed by atoms with Crippen LogP contribution in [0.2, 0.25) is 0 Å². The fourth-order valence-corrected chi connectivity index (χ4v) is 2.29. The Morgan fingerprint density at radius 3 is 2.59 bits per heavy atom. The second-order valence-corrected chi connectivity index (χ2v) is 6.56. The Labute approximate surface area is 106 Å². The number of carbonyl (C=O) groups excluding carboxylic acids is 1. The molecule has 0 spiro atoms. The van der Waals surface area contributed by atoms with Gasteiger partial charge in [0, 0.05) is 12.0 Å². The van der Waals surface area contributed by atoms with Gasteiger partial charge in [-0.05, 0) is 44.1 Å². The molecule has 100 valence electrons. The molecule has 0 heterocycles. The van der Waals surface area contributed by atoms with Crippen molar-refractivity contribution in [3.05, 3.63) is 0 Å². The maximum atomic E-state index is 12.2. The third-order valence-electron chi connectivity index (χ3n) is 4.14. The van der Waals surface area contributed by atoms with Crippen molar-refractivity contribution in [3.63, 3.8) is 0 Å². The van der Waals surface area contributed by atoms with Gasteiger partial charge in [0.2, 0.25) is 5.91 Å². The summed E-state index contributed by atoms with van der Waals surface area (Å²) in [5.41, 5.74) is 5.83. The highest BCUT2D eigenvalue weighted by molar-refractivity contribution is 5.79. The Morgan fingerprint density at radius 2 is 2.06 bits per heavy atom. The minimum absolute atomic E-state index is 0.123. The highest BCUT2D eigenvalue weighted by Gasteiger charge is 2.29. The summed E-state index contributed by atoms with van der Waals surface area (Å²) in [5, 5.41) is 3.15. The summed E-state index contributed by atoms with van der Waals surface area (Å²) in [6.45, 7) is 9.27. The molecule has 0 aromatic heterocycles. The Balaban J connectivity index is 2.47. The van der Waals surface area contributed by atoms with Crippen LogP contribution in [0.15, 0.2) is 0 Å². The number of nitrogens with two attached hydrogens (primary N) is 1. The topological polar surface area (TPSA) is 55.1 Å². The van der Waals surface area contributed by atoms with Gasteiger partial charge in [0.25, 0.3) is 0 Å². The minimum Gasteiger partial charge on any atom is -0.353 e. The maximum absolute atomic E-state index is 12.2. The van der Waals surface area contributed by atoms with Crippen LogP contribution in [0.25, 0.3) is 0 Å². The molecule has 1 saturated carbocycles. The van der Waals surface area contributed by atoms with E-state index < -0.39 is 0 Å². The van der Waals surface area contributed by atoms with E-state index in [1.165, 1.54) is 6.42 Å². The van der Waals surface area contributed by atoms with E-state index in [0.717, 1.165) is 25.8 Å². The maximum Gasteiger partial charge on any atom is 0.223 e. The fourth-order valence-electron chi connectivity index (χ4n) is 2.29. The van der Waals surface area contributed by atoms with Gasteiger partial charge in [0.15, 0.2) is 0 Å². The SMILES string of the molecule is CC(NC(=O)C1CCCC(CN)C1)C(C)(C)C. The molecule has 0 saturated heterocycles.